The first-order valence-electron chi connectivity index (χ1n) is 6.84. The molecule has 1 fully saturated rings. The average Bonchev–Trinajstić information content (AvgIpc) is 3.03. The molecule has 1 aromatic heterocycles. The Labute approximate surface area is 116 Å². The van der Waals surface area contributed by atoms with E-state index in [1.807, 2.05) is 24.4 Å². The molecule has 2 aromatic rings. The molecule has 1 aliphatic carbocycles. The first kappa shape index (κ1) is 13.1. The Kier molecular flexibility index (Phi) is 3.46. The molecule has 1 amide bonds. The monoisotopic (exact) mass is 274 g/mol. The van der Waals surface area contributed by atoms with Crippen LogP contribution in [0.2, 0.25) is 0 Å². The van der Waals surface area contributed by atoms with Crippen molar-refractivity contribution in [3.8, 4) is 0 Å². The Balaban J connectivity index is 1.70. The fraction of sp³-hybridized carbons (Fsp3) is 0.400. The van der Waals surface area contributed by atoms with Crippen molar-refractivity contribution in [2.75, 3.05) is 6.61 Å². The van der Waals surface area contributed by atoms with Gasteiger partial charge in [0.15, 0.2) is 0 Å². The van der Waals surface area contributed by atoms with Crippen molar-refractivity contribution in [1.82, 2.24) is 10.3 Å². The van der Waals surface area contributed by atoms with Crippen LogP contribution < -0.4 is 5.32 Å². The van der Waals surface area contributed by atoms with Crippen molar-refractivity contribution in [3.05, 3.63) is 36.0 Å². The Bertz CT molecular complexity index is 622. The van der Waals surface area contributed by atoms with Crippen LogP contribution in [0, 0.1) is 5.92 Å². The zero-order valence-electron chi connectivity index (χ0n) is 11.0. The number of rotatable bonds is 3. The van der Waals surface area contributed by atoms with Crippen molar-refractivity contribution >= 4 is 16.8 Å². The predicted molar refractivity (Wildman–Crippen MR) is 75.4 cm³/mol. The summed E-state index contributed by atoms with van der Waals surface area (Å²) in [6.07, 6.45) is 2.43. The van der Waals surface area contributed by atoms with Crippen LogP contribution in [0.1, 0.15) is 23.2 Å². The number of carbonyl (C=O) groups is 1. The number of amides is 1. The van der Waals surface area contributed by atoms with Gasteiger partial charge in [-0.05, 0) is 36.4 Å². The number of aliphatic hydroxyl groups is 2. The molecule has 1 aromatic carbocycles. The Hall–Kier alpha value is -1.85. The number of nitrogens with one attached hydrogen (secondary N) is 2. The number of aromatic amines is 1. The quantitative estimate of drug-likeness (QED) is 0.674. The molecule has 0 bridgehead atoms. The number of aromatic nitrogens is 1. The van der Waals surface area contributed by atoms with E-state index in [2.05, 4.69) is 10.3 Å². The number of benzene rings is 1. The number of hydrogen-bond acceptors (Lipinski definition) is 3. The van der Waals surface area contributed by atoms with E-state index in [0.717, 1.165) is 10.9 Å². The summed E-state index contributed by atoms with van der Waals surface area (Å²) >= 11 is 0. The van der Waals surface area contributed by atoms with Gasteiger partial charge < -0.3 is 20.5 Å². The van der Waals surface area contributed by atoms with Gasteiger partial charge in [-0.3, -0.25) is 4.79 Å². The summed E-state index contributed by atoms with van der Waals surface area (Å²) < 4.78 is 0. The molecular formula is C15H18N2O3. The second kappa shape index (κ2) is 5.26. The van der Waals surface area contributed by atoms with Crippen molar-refractivity contribution < 1.29 is 15.0 Å². The van der Waals surface area contributed by atoms with E-state index in [-0.39, 0.29) is 24.5 Å². The van der Waals surface area contributed by atoms with E-state index in [1.165, 1.54) is 0 Å². The summed E-state index contributed by atoms with van der Waals surface area (Å²) in [5.74, 6) is -0.275. The summed E-state index contributed by atoms with van der Waals surface area (Å²) in [4.78, 5) is 15.3. The molecule has 0 aliphatic heterocycles. The highest BCUT2D eigenvalue weighted by molar-refractivity contribution is 5.98. The molecule has 3 atom stereocenters. The minimum atomic E-state index is -0.531. The lowest BCUT2D eigenvalue weighted by molar-refractivity contribution is 0.0903. The number of aliphatic hydroxyl groups excluding tert-OH is 2. The summed E-state index contributed by atoms with van der Waals surface area (Å²) in [5, 5.41) is 22.9. The molecule has 5 heteroatoms. The highest BCUT2D eigenvalue weighted by Crippen LogP contribution is 2.26. The molecule has 0 saturated heterocycles. The fourth-order valence-corrected chi connectivity index (χ4v) is 2.87. The van der Waals surface area contributed by atoms with Crippen LogP contribution in [0.15, 0.2) is 30.5 Å². The second-order valence-corrected chi connectivity index (χ2v) is 5.43. The van der Waals surface area contributed by atoms with Gasteiger partial charge >= 0.3 is 0 Å². The van der Waals surface area contributed by atoms with Crippen LogP contribution in [0.3, 0.4) is 0 Å². The molecule has 4 N–H and O–H groups in total. The van der Waals surface area contributed by atoms with Gasteiger partial charge in [-0.2, -0.15) is 0 Å². The zero-order valence-corrected chi connectivity index (χ0v) is 11.0. The van der Waals surface area contributed by atoms with Crippen LogP contribution >= 0.6 is 0 Å². The molecule has 1 aliphatic rings. The van der Waals surface area contributed by atoms with E-state index < -0.39 is 6.10 Å². The lowest BCUT2D eigenvalue weighted by Gasteiger charge is -2.12. The molecule has 0 spiro atoms. The third-order valence-corrected chi connectivity index (χ3v) is 4.04. The Morgan fingerprint density at radius 1 is 1.35 bits per heavy atom. The van der Waals surface area contributed by atoms with E-state index >= 15 is 0 Å². The lowest BCUT2D eigenvalue weighted by Crippen LogP contribution is -2.33. The fourth-order valence-electron chi connectivity index (χ4n) is 2.87. The van der Waals surface area contributed by atoms with Gasteiger partial charge in [0.25, 0.3) is 5.91 Å². The third-order valence-electron chi connectivity index (χ3n) is 4.04. The molecule has 1 saturated carbocycles. The largest absolute Gasteiger partial charge is 0.396 e. The van der Waals surface area contributed by atoms with Gasteiger partial charge in [0.1, 0.15) is 0 Å². The highest BCUT2D eigenvalue weighted by Gasteiger charge is 2.33. The SMILES string of the molecule is O=C(N[C@@H]1C[C@H](CO)[C@H](O)C1)c1ccc2cc[nH]c2c1. The topological polar surface area (TPSA) is 85.3 Å². The van der Waals surface area contributed by atoms with E-state index in [1.54, 1.807) is 6.07 Å². The van der Waals surface area contributed by atoms with Crippen LogP contribution in [0.25, 0.3) is 10.9 Å². The second-order valence-electron chi connectivity index (χ2n) is 5.43. The third kappa shape index (κ3) is 2.42. The maximum Gasteiger partial charge on any atom is 0.251 e. The minimum Gasteiger partial charge on any atom is -0.396 e. The zero-order chi connectivity index (χ0) is 14.1. The summed E-state index contributed by atoms with van der Waals surface area (Å²) in [5.41, 5.74) is 1.53. The van der Waals surface area contributed by atoms with Gasteiger partial charge in [0.05, 0.1) is 6.10 Å². The van der Waals surface area contributed by atoms with E-state index in [9.17, 15) is 9.90 Å². The number of hydrogen-bond donors (Lipinski definition) is 4. The molecule has 0 radical (unpaired) electrons. The molecular weight excluding hydrogens is 256 g/mol. The maximum atomic E-state index is 12.2. The van der Waals surface area contributed by atoms with Crippen LogP contribution in [-0.2, 0) is 0 Å². The van der Waals surface area contributed by atoms with Gasteiger partial charge in [-0.1, -0.05) is 6.07 Å². The summed E-state index contributed by atoms with van der Waals surface area (Å²) in [7, 11) is 0. The van der Waals surface area contributed by atoms with Crippen molar-refractivity contribution in [3.63, 3.8) is 0 Å². The number of H-pyrrole nitrogens is 1. The normalized spacial score (nSPS) is 26.0. The maximum absolute atomic E-state index is 12.2. The number of fused-ring (bicyclic) bond motifs is 1. The smallest absolute Gasteiger partial charge is 0.251 e. The van der Waals surface area contributed by atoms with Gasteiger partial charge in [-0.15, -0.1) is 0 Å². The highest BCUT2D eigenvalue weighted by atomic mass is 16.3. The van der Waals surface area contributed by atoms with Crippen molar-refractivity contribution in [2.24, 2.45) is 5.92 Å². The van der Waals surface area contributed by atoms with E-state index in [4.69, 9.17) is 5.11 Å². The average molecular weight is 274 g/mol. The van der Waals surface area contributed by atoms with Gasteiger partial charge in [0.2, 0.25) is 0 Å². The first-order chi connectivity index (χ1) is 9.67. The summed E-state index contributed by atoms with van der Waals surface area (Å²) in [6.45, 7) is -0.0397. The molecule has 1 heterocycles. The Morgan fingerprint density at radius 3 is 2.95 bits per heavy atom. The molecule has 0 unspecified atom stereocenters. The van der Waals surface area contributed by atoms with Crippen LogP contribution in [0.4, 0.5) is 0 Å². The number of carbonyl (C=O) groups excluding carboxylic acids is 1. The van der Waals surface area contributed by atoms with Crippen LogP contribution in [-0.4, -0.2) is 39.9 Å². The van der Waals surface area contributed by atoms with E-state index in [0.29, 0.717) is 18.4 Å². The molecule has 5 nitrogen and oxygen atoms in total. The Morgan fingerprint density at radius 2 is 2.20 bits per heavy atom. The molecule has 3 rings (SSSR count). The standard InChI is InChI=1S/C15H18N2O3/c18-8-11-5-12(7-14(11)19)17-15(20)10-2-1-9-3-4-16-13(9)6-10/h1-4,6,11-12,14,16,18-19H,5,7-8H2,(H,17,20)/t11-,12-,14-/m1/s1. The van der Waals surface area contributed by atoms with Crippen molar-refractivity contribution in [2.45, 2.75) is 25.0 Å². The predicted octanol–water partition coefficient (Wildman–Crippen LogP) is 1.03. The molecule has 106 valence electrons. The summed E-state index contributed by atoms with van der Waals surface area (Å²) in [6, 6.07) is 7.39. The van der Waals surface area contributed by atoms with Crippen LogP contribution in [0.5, 0.6) is 0 Å². The van der Waals surface area contributed by atoms with Gasteiger partial charge in [0, 0.05) is 35.8 Å². The van der Waals surface area contributed by atoms with Gasteiger partial charge in [-0.25, -0.2) is 0 Å². The minimum absolute atomic E-state index is 0.0397. The van der Waals surface area contributed by atoms with Crippen molar-refractivity contribution in [1.29, 1.82) is 0 Å². The molecule has 20 heavy (non-hydrogen) atoms. The first-order valence-corrected chi connectivity index (χ1v) is 6.84. The lowest BCUT2D eigenvalue weighted by atomic mass is 10.1.